The van der Waals surface area contributed by atoms with Crippen LogP contribution in [0.25, 0.3) is 0 Å². The number of nitrogens with two attached hydrogens (primary N) is 1. The van der Waals surface area contributed by atoms with E-state index in [0.29, 0.717) is 16.5 Å². The molecule has 0 spiro atoms. The molecule has 0 aliphatic carbocycles. The van der Waals surface area contributed by atoms with Crippen LogP contribution < -0.4 is 15.2 Å². The number of hydrogen-bond acceptors (Lipinski definition) is 3. The molecule has 0 saturated carbocycles. The van der Waals surface area contributed by atoms with Crippen molar-refractivity contribution in [1.29, 1.82) is 0 Å². The molecule has 1 rings (SSSR count). The molecule has 1 aromatic rings. The zero-order valence-corrected chi connectivity index (χ0v) is 9.97. The summed E-state index contributed by atoms with van der Waals surface area (Å²) >= 11 is 6.11. The Morgan fingerprint density at radius 3 is 2.47 bits per heavy atom. The van der Waals surface area contributed by atoms with Gasteiger partial charge in [0.2, 0.25) is 0 Å². The minimum absolute atomic E-state index is 0.0663. The van der Waals surface area contributed by atoms with Crippen LogP contribution >= 0.6 is 11.6 Å². The van der Waals surface area contributed by atoms with E-state index in [-0.39, 0.29) is 6.04 Å². The normalized spacial score (nSPS) is 12.3. The summed E-state index contributed by atoms with van der Waals surface area (Å²) in [5.74, 6) is 1.20. The summed E-state index contributed by atoms with van der Waals surface area (Å²) in [6.07, 6.45) is 0.832. The van der Waals surface area contributed by atoms with E-state index in [1.165, 1.54) is 0 Å². The SMILES string of the molecule is CC[C@H](N)c1ccc(OC)c(Cl)c1OC. The average Bonchev–Trinajstić information content (AvgIpc) is 2.27. The first-order valence-corrected chi connectivity index (χ1v) is 5.19. The van der Waals surface area contributed by atoms with E-state index < -0.39 is 0 Å². The summed E-state index contributed by atoms with van der Waals surface area (Å²) in [6, 6.07) is 3.62. The summed E-state index contributed by atoms with van der Waals surface area (Å²) < 4.78 is 10.4. The third kappa shape index (κ3) is 2.36. The van der Waals surface area contributed by atoms with Crippen molar-refractivity contribution < 1.29 is 9.47 Å². The van der Waals surface area contributed by atoms with Crippen LogP contribution in [0.1, 0.15) is 24.9 Å². The lowest BCUT2D eigenvalue weighted by Gasteiger charge is -2.16. The first-order valence-electron chi connectivity index (χ1n) is 4.81. The lowest BCUT2D eigenvalue weighted by molar-refractivity contribution is 0.388. The van der Waals surface area contributed by atoms with E-state index in [0.717, 1.165) is 12.0 Å². The summed E-state index contributed by atoms with van der Waals surface area (Å²) in [5, 5.41) is 0.474. The van der Waals surface area contributed by atoms with Crippen LogP contribution in [0.3, 0.4) is 0 Å². The quantitative estimate of drug-likeness (QED) is 0.864. The second kappa shape index (κ2) is 5.24. The van der Waals surface area contributed by atoms with Crippen molar-refractivity contribution in [2.75, 3.05) is 14.2 Å². The summed E-state index contributed by atoms with van der Waals surface area (Å²) in [7, 11) is 3.15. The van der Waals surface area contributed by atoms with Gasteiger partial charge in [-0.2, -0.15) is 0 Å². The van der Waals surface area contributed by atoms with Crippen LogP contribution in [0.2, 0.25) is 5.02 Å². The maximum Gasteiger partial charge on any atom is 0.146 e. The van der Waals surface area contributed by atoms with Crippen LogP contribution in [-0.4, -0.2) is 14.2 Å². The van der Waals surface area contributed by atoms with Gasteiger partial charge < -0.3 is 15.2 Å². The molecule has 4 heteroatoms. The smallest absolute Gasteiger partial charge is 0.146 e. The Kier molecular flexibility index (Phi) is 4.24. The molecule has 0 radical (unpaired) electrons. The van der Waals surface area contributed by atoms with Gasteiger partial charge >= 0.3 is 0 Å². The molecule has 15 heavy (non-hydrogen) atoms. The lowest BCUT2D eigenvalue weighted by Crippen LogP contribution is -2.10. The highest BCUT2D eigenvalue weighted by Crippen LogP contribution is 2.39. The van der Waals surface area contributed by atoms with Gasteiger partial charge in [0.1, 0.15) is 16.5 Å². The fraction of sp³-hybridized carbons (Fsp3) is 0.455. The molecule has 84 valence electrons. The second-order valence-corrected chi connectivity index (χ2v) is 3.60. The number of halogens is 1. The highest BCUT2D eigenvalue weighted by atomic mass is 35.5. The molecule has 1 aromatic carbocycles. The maximum atomic E-state index is 6.11. The lowest BCUT2D eigenvalue weighted by atomic mass is 10.0. The minimum Gasteiger partial charge on any atom is -0.495 e. The molecule has 1 atom stereocenters. The molecule has 3 nitrogen and oxygen atoms in total. The first kappa shape index (κ1) is 12.1. The number of rotatable bonds is 4. The molecule has 0 aliphatic heterocycles. The van der Waals surface area contributed by atoms with Crippen molar-refractivity contribution in [1.82, 2.24) is 0 Å². The topological polar surface area (TPSA) is 44.5 Å². The van der Waals surface area contributed by atoms with E-state index in [1.54, 1.807) is 20.3 Å². The molecular weight excluding hydrogens is 214 g/mol. The Balaban J connectivity index is 3.24. The van der Waals surface area contributed by atoms with E-state index in [9.17, 15) is 0 Å². The highest BCUT2D eigenvalue weighted by Gasteiger charge is 2.16. The molecule has 0 aromatic heterocycles. The van der Waals surface area contributed by atoms with E-state index in [1.807, 2.05) is 13.0 Å². The summed E-state index contributed by atoms with van der Waals surface area (Å²) in [4.78, 5) is 0. The predicted octanol–water partition coefficient (Wildman–Crippen LogP) is 2.77. The highest BCUT2D eigenvalue weighted by molar-refractivity contribution is 6.33. The van der Waals surface area contributed by atoms with Crippen LogP contribution in [0.15, 0.2) is 12.1 Å². The molecule has 0 aliphatic rings. The molecule has 2 N–H and O–H groups in total. The predicted molar refractivity (Wildman–Crippen MR) is 61.8 cm³/mol. The van der Waals surface area contributed by atoms with E-state index >= 15 is 0 Å². The van der Waals surface area contributed by atoms with Crippen molar-refractivity contribution in [2.45, 2.75) is 19.4 Å². The molecule has 0 fully saturated rings. The monoisotopic (exact) mass is 229 g/mol. The van der Waals surface area contributed by atoms with Gasteiger partial charge in [-0.25, -0.2) is 0 Å². The number of hydrogen-bond donors (Lipinski definition) is 1. The fourth-order valence-corrected chi connectivity index (χ4v) is 1.76. The van der Waals surface area contributed by atoms with Crippen molar-refractivity contribution in [3.05, 3.63) is 22.7 Å². The number of benzene rings is 1. The first-order chi connectivity index (χ1) is 7.15. The van der Waals surface area contributed by atoms with Gasteiger partial charge in [-0.3, -0.25) is 0 Å². The van der Waals surface area contributed by atoms with Gasteiger partial charge in [0.25, 0.3) is 0 Å². The fourth-order valence-electron chi connectivity index (χ4n) is 1.43. The Morgan fingerprint density at radius 2 is 2.00 bits per heavy atom. The third-order valence-corrected chi connectivity index (χ3v) is 2.71. The summed E-state index contributed by atoms with van der Waals surface area (Å²) in [6.45, 7) is 2.02. The molecule has 0 unspecified atom stereocenters. The van der Waals surface area contributed by atoms with Crippen LogP contribution in [0.4, 0.5) is 0 Å². The van der Waals surface area contributed by atoms with Crippen LogP contribution in [0, 0.1) is 0 Å². The average molecular weight is 230 g/mol. The van der Waals surface area contributed by atoms with Crippen molar-refractivity contribution in [2.24, 2.45) is 5.73 Å². The number of methoxy groups -OCH3 is 2. The van der Waals surface area contributed by atoms with Crippen molar-refractivity contribution >= 4 is 11.6 Å². The maximum absolute atomic E-state index is 6.11. The molecule has 0 heterocycles. The van der Waals surface area contributed by atoms with Gasteiger partial charge in [0, 0.05) is 11.6 Å². The minimum atomic E-state index is -0.0663. The second-order valence-electron chi connectivity index (χ2n) is 3.22. The van der Waals surface area contributed by atoms with Gasteiger partial charge in [0.05, 0.1) is 14.2 Å². The van der Waals surface area contributed by atoms with Gasteiger partial charge in [0.15, 0.2) is 0 Å². The van der Waals surface area contributed by atoms with Gasteiger partial charge in [-0.1, -0.05) is 18.5 Å². The van der Waals surface area contributed by atoms with Crippen LogP contribution in [0.5, 0.6) is 11.5 Å². The van der Waals surface area contributed by atoms with Gasteiger partial charge in [-0.05, 0) is 18.6 Å². The Morgan fingerprint density at radius 1 is 1.33 bits per heavy atom. The zero-order valence-electron chi connectivity index (χ0n) is 9.21. The molecule has 0 amide bonds. The Labute approximate surface area is 95.1 Å². The largest absolute Gasteiger partial charge is 0.495 e. The Bertz CT molecular complexity index is 342. The van der Waals surface area contributed by atoms with Crippen molar-refractivity contribution in [3.8, 4) is 11.5 Å². The Hall–Kier alpha value is -0.930. The summed E-state index contributed by atoms with van der Waals surface area (Å²) in [5.41, 5.74) is 6.86. The standard InChI is InChI=1S/C11H16ClNO2/c1-4-8(13)7-5-6-9(14-2)10(12)11(7)15-3/h5-6,8H,4,13H2,1-3H3/t8-/m0/s1. The third-order valence-electron chi connectivity index (χ3n) is 2.36. The zero-order chi connectivity index (χ0) is 11.4. The number of ether oxygens (including phenoxy) is 2. The van der Waals surface area contributed by atoms with E-state index in [4.69, 9.17) is 26.8 Å². The molecule has 0 saturated heterocycles. The molecule has 0 bridgehead atoms. The van der Waals surface area contributed by atoms with Crippen molar-refractivity contribution in [3.63, 3.8) is 0 Å². The molecular formula is C11H16ClNO2. The van der Waals surface area contributed by atoms with E-state index in [2.05, 4.69) is 0 Å². The van der Waals surface area contributed by atoms with Gasteiger partial charge in [-0.15, -0.1) is 0 Å². The van der Waals surface area contributed by atoms with Crippen LogP contribution in [-0.2, 0) is 0 Å².